The standard InChI is InChI=1S/C24H24Cl2N4O4/c1-14(2)22(28-23(32)18-9-8-16(25)10-19(18)26)24(33)29-27-11-15-12-30(13-21(31)34-3)20-7-5-4-6-17(15)20/h4-12,14,22H,13H2,1-3H3,(H,28,32)(H,29,33). The molecule has 1 atom stereocenters. The Hall–Kier alpha value is -3.36. The molecule has 0 fully saturated rings. The number of rotatable bonds is 8. The Bertz CT molecular complexity index is 1250. The van der Waals surface area contributed by atoms with Crippen molar-refractivity contribution in [1.29, 1.82) is 0 Å². The molecule has 3 aromatic rings. The van der Waals surface area contributed by atoms with Gasteiger partial charge in [0.25, 0.3) is 11.8 Å². The summed E-state index contributed by atoms with van der Waals surface area (Å²) in [7, 11) is 1.33. The van der Waals surface area contributed by atoms with Crippen molar-refractivity contribution in [2.75, 3.05) is 7.11 Å². The van der Waals surface area contributed by atoms with Gasteiger partial charge in [-0.1, -0.05) is 55.2 Å². The van der Waals surface area contributed by atoms with Gasteiger partial charge >= 0.3 is 5.97 Å². The summed E-state index contributed by atoms with van der Waals surface area (Å²) in [6.07, 6.45) is 3.24. The molecule has 2 aromatic carbocycles. The van der Waals surface area contributed by atoms with Gasteiger partial charge in [-0.25, -0.2) is 5.43 Å². The van der Waals surface area contributed by atoms with E-state index in [9.17, 15) is 14.4 Å². The summed E-state index contributed by atoms with van der Waals surface area (Å²) in [6.45, 7) is 3.65. The quantitative estimate of drug-likeness (QED) is 0.275. The van der Waals surface area contributed by atoms with Crippen LogP contribution in [0.2, 0.25) is 10.0 Å². The number of amides is 2. The first-order valence-corrected chi connectivity index (χ1v) is 11.2. The number of halogens is 2. The van der Waals surface area contributed by atoms with E-state index >= 15 is 0 Å². The van der Waals surface area contributed by atoms with Crippen LogP contribution in [-0.4, -0.2) is 41.7 Å². The number of nitrogens with zero attached hydrogens (tertiary/aromatic N) is 2. The Morgan fingerprint density at radius 1 is 1.15 bits per heavy atom. The number of nitrogens with one attached hydrogen (secondary N) is 2. The van der Waals surface area contributed by atoms with Crippen molar-refractivity contribution >= 4 is 58.1 Å². The van der Waals surface area contributed by atoms with E-state index in [2.05, 4.69) is 15.8 Å². The van der Waals surface area contributed by atoms with E-state index in [1.54, 1.807) is 30.7 Å². The fourth-order valence-electron chi connectivity index (χ4n) is 3.38. The Kier molecular flexibility index (Phi) is 8.31. The molecule has 0 saturated carbocycles. The number of carbonyl (C=O) groups excluding carboxylic acids is 3. The summed E-state index contributed by atoms with van der Waals surface area (Å²) in [5, 5.41) is 8.21. The number of para-hydroxylation sites is 1. The third-order valence-corrected chi connectivity index (χ3v) is 5.68. The number of methoxy groups -OCH3 is 1. The molecule has 1 heterocycles. The normalized spacial score (nSPS) is 12.2. The van der Waals surface area contributed by atoms with Crippen molar-refractivity contribution in [3.05, 3.63) is 69.8 Å². The first-order chi connectivity index (χ1) is 16.2. The molecule has 0 radical (unpaired) electrons. The maximum atomic E-state index is 12.8. The van der Waals surface area contributed by atoms with Crippen LogP contribution in [0.15, 0.2) is 53.8 Å². The zero-order valence-corrected chi connectivity index (χ0v) is 20.4. The van der Waals surface area contributed by atoms with E-state index in [4.69, 9.17) is 27.9 Å². The number of hydrogen-bond acceptors (Lipinski definition) is 5. The number of fused-ring (bicyclic) bond motifs is 1. The summed E-state index contributed by atoms with van der Waals surface area (Å²) in [6, 6.07) is 11.2. The van der Waals surface area contributed by atoms with Gasteiger partial charge in [0.15, 0.2) is 0 Å². The first kappa shape index (κ1) is 25.3. The number of esters is 1. The Labute approximate surface area is 206 Å². The molecule has 10 heteroatoms. The molecule has 1 aromatic heterocycles. The Morgan fingerprint density at radius 3 is 2.56 bits per heavy atom. The number of hydrazone groups is 1. The third-order valence-electron chi connectivity index (χ3n) is 5.14. The van der Waals surface area contributed by atoms with E-state index < -0.39 is 17.9 Å². The molecule has 8 nitrogen and oxygen atoms in total. The average Bonchev–Trinajstić information content (AvgIpc) is 3.14. The van der Waals surface area contributed by atoms with Gasteiger partial charge in [0.05, 0.1) is 23.9 Å². The van der Waals surface area contributed by atoms with Crippen LogP contribution in [0.1, 0.15) is 29.8 Å². The maximum absolute atomic E-state index is 12.8. The fourth-order valence-corrected chi connectivity index (χ4v) is 3.87. The molecule has 2 N–H and O–H groups in total. The zero-order valence-electron chi connectivity index (χ0n) is 18.8. The van der Waals surface area contributed by atoms with E-state index in [0.29, 0.717) is 10.6 Å². The number of carbonyl (C=O) groups is 3. The van der Waals surface area contributed by atoms with Crippen molar-refractivity contribution in [2.24, 2.45) is 11.0 Å². The molecule has 0 bridgehead atoms. The molecular formula is C24H24Cl2N4O4. The van der Waals surface area contributed by atoms with Gasteiger partial charge in [-0.05, 0) is 30.2 Å². The minimum Gasteiger partial charge on any atom is -0.468 e. The fraction of sp³-hybridized carbons (Fsp3) is 0.250. The highest BCUT2D eigenvalue weighted by Gasteiger charge is 2.25. The Balaban J connectivity index is 1.74. The SMILES string of the molecule is COC(=O)Cn1cc(C=NNC(=O)C(NC(=O)c2ccc(Cl)cc2Cl)C(C)C)c2ccccc21. The second kappa shape index (κ2) is 11.2. The average molecular weight is 503 g/mol. The topological polar surface area (TPSA) is 102 Å². The molecule has 0 aliphatic rings. The van der Waals surface area contributed by atoms with Crippen LogP contribution in [0.3, 0.4) is 0 Å². The van der Waals surface area contributed by atoms with E-state index in [1.165, 1.54) is 25.5 Å². The van der Waals surface area contributed by atoms with Crippen LogP contribution in [0.4, 0.5) is 0 Å². The lowest BCUT2D eigenvalue weighted by Gasteiger charge is -2.20. The summed E-state index contributed by atoms with van der Waals surface area (Å²) < 4.78 is 6.50. The van der Waals surface area contributed by atoms with Crippen molar-refractivity contribution in [3.8, 4) is 0 Å². The van der Waals surface area contributed by atoms with E-state index in [-0.39, 0.29) is 29.0 Å². The highest BCUT2D eigenvalue weighted by molar-refractivity contribution is 6.36. The molecule has 3 rings (SSSR count). The molecule has 0 aliphatic carbocycles. The highest BCUT2D eigenvalue weighted by Crippen LogP contribution is 2.22. The van der Waals surface area contributed by atoms with Gasteiger partial charge in [0.2, 0.25) is 0 Å². The van der Waals surface area contributed by atoms with Crippen LogP contribution in [0.5, 0.6) is 0 Å². The van der Waals surface area contributed by atoms with Crippen molar-refractivity contribution in [3.63, 3.8) is 0 Å². The van der Waals surface area contributed by atoms with Crippen LogP contribution < -0.4 is 10.7 Å². The van der Waals surface area contributed by atoms with Gasteiger partial charge < -0.3 is 14.6 Å². The number of ether oxygens (including phenoxy) is 1. The van der Waals surface area contributed by atoms with Gasteiger partial charge in [0, 0.05) is 27.7 Å². The summed E-state index contributed by atoms with van der Waals surface area (Å²) in [5.74, 6) is -1.57. The lowest BCUT2D eigenvalue weighted by atomic mass is 10.0. The zero-order chi connectivity index (χ0) is 24.8. The number of aromatic nitrogens is 1. The second-order valence-corrected chi connectivity index (χ2v) is 8.70. The highest BCUT2D eigenvalue weighted by atomic mass is 35.5. The van der Waals surface area contributed by atoms with E-state index in [0.717, 1.165) is 10.9 Å². The lowest BCUT2D eigenvalue weighted by Crippen LogP contribution is -2.48. The molecule has 0 aliphatic heterocycles. The third kappa shape index (κ3) is 5.95. The van der Waals surface area contributed by atoms with Crippen molar-refractivity contribution < 1.29 is 19.1 Å². The lowest BCUT2D eigenvalue weighted by molar-refractivity contribution is -0.141. The first-order valence-electron chi connectivity index (χ1n) is 10.4. The smallest absolute Gasteiger partial charge is 0.325 e. The van der Waals surface area contributed by atoms with Crippen LogP contribution in [0, 0.1) is 5.92 Å². The van der Waals surface area contributed by atoms with Crippen LogP contribution >= 0.6 is 23.2 Å². The summed E-state index contributed by atoms with van der Waals surface area (Å²) in [4.78, 5) is 37.2. The largest absolute Gasteiger partial charge is 0.468 e. The summed E-state index contributed by atoms with van der Waals surface area (Å²) in [5.41, 5.74) is 4.23. The number of hydrogen-bond donors (Lipinski definition) is 2. The van der Waals surface area contributed by atoms with Gasteiger partial charge in [0.1, 0.15) is 12.6 Å². The number of benzene rings is 2. The monoisotopic (exact) mass is 502 g/mol. The molecule has 178 valence electrons. The molecule has 0 saturated heterocycles. The van der Waals surface area contributed by atoms with Crippen molar-refractivity contribution in [2.45, 2.75) is 26.4 Å². The van der Waals surface area contributed by atoms with Gasteiger partial charge in [-0.3, -0.25) is 14.4 Å². The molecule has 2 amide bonds. The molecule has 1 unspecified atom stereocenters. The minimum atomic E-state index is -0.850. The minimum absolute atomic E-state index is 0.0475. The van der Waals surface area contributed by atoms with Gasteiger partial charge in [-0.15, -0.1) is 0 Å². The van der Waals surface area contributed by atoms with Crippen LogP contribution in [-0.2, 0) is 20.9 Å². The Morgan fingerprint density at radius 2 is 1.88 bits per heavy atom. The molecular weight excluding hydrogens is 479 g/mol. The van der Waals surface area contributed by atoms with Crippen molar-refractivity contribution in [1.82, 2.24) is 15.3 Å². The molecule has 0 spiro atoms. The summed E-state index contributed by atoms with van der Waals surface area (Å²) >= 11 is 12.0. The molecule has 34 heavy (non-hydrogen) atoms. The second-order valence-electron chi connectivity index (χ2n) is 7.86. The predicted octanol–water partition coefficient (Wildman–Crippen LogP) is 4.03. The van der Waals surface area contributed by atoms with Crippen LogP contribution in [0.25, 0.3) is 10.9 Å². The predicted molar refractivity (Wildman–Crippen MR) is 132 cm³/mol. The van der Waals surface area contributed by atoms with Gasteiger partial charge in [-0.2, -0.15) is 5.10 Å². The van der Waals surface area contributed by atoms with E-state index in [1.807, 2.05) is 24.3 Å². The maximum Gasteiger partial charge on any atom is 0.325 e.